The fourth-order valence-electron chi connectivity index (χ4n) is 1.93. The number of anilines is 2. The number of rotatable bonds is 4. The normalized spacial score (nSPS) is 17.1. The van der Waals surface area contributed by atoms with Gasteiger partial charge in [0.05, 0.1) is 13.2 Å². The average molecular weight is 264 g/mol. The maximum absolute atomic E-state index is 11.7. The van der Waals surface area contributed by atoms with Gasteiger partial charge in [0.15, 0.2) is 0 Å². The second-order valence-corrected chi connectivity index (χ2v) is 4.51. The highest BCUT2D eigenvalue weighted by Gasteiger charge is 2.13. The van der Waals surface area contributed by atoms with Crippen LogP contribution in [-0.4, -0.2) is 45.4 Å². The summed E-state index contributed by atoms with van der Waals surface area (Å²) in [6, 6.07) is 7.84. The van der Waals surface area contributed by atoms with Gasteiger partial charge in [-0.1, -0.05) is 0 Å². The van der Waals surface area contributed by atoms with E-state index in [0.717, 1.165) is 37.7 Å². The minimum atomic E-state index is -0.445. The average Bonchev–Trinajstić information content (AvgIpc) is 2.48. The summed E-state index contributed by atoms with van der Waals surface area (Å²) in [5.41, 5.74) is 1.94. The van der Waals surface area contributed by atoms with Crippen LogP contribution in [0.5, 0.6) is 0 Å². The smallest absolute Gasteiger partial charge is 0.253 e. The molecule has 1 heterocycles. The van der Waals surface area contributed by atoms with Crippen LogP contribution < -0.4 is 10.2 Å². The van der Waals surface area contributed by atoms with Crippen LogP contribution in [-0.2, 0) is 14.3 Å². The molecule has 1 saturated heterocycles. The lowest BCUT2D eigenvalue weighted by molar-refractivity contribution is -0.124. The molecule has 5 heteroatoms. The Bertz CT molecular complexity index is 413. The fourth-order valence-corrected chi connectivity index (χ4v) is 1.93. The van der Waals surface area contributed by atoms with E-state index in [2.05, 4.69) is 10.2 Å². The molecular formula is C14H20N2O3. The quantitative estimate of drug-likeness (QED) is 0.895. The summed E-state index contributed by atoms with van der Waals surface area (Å²) in [7, 11) is 1.52. The number of hydrogen-bond acceptors (Lipinski definition) is 4. The van der Waals surface area contributed by atoms with Crippen molar-refractivity contribution in [3.05, 3.63) is 24.3 Å². The topological polar surface area (TPSA) is 50.8 Å². The van der Waals surface area contributed by atoms with Crippen molar-refractivity contribution in [2.75, 3.05) is 43.6 Å². The van der Waals surface area contributed by atoms with Crippen molar-refractivity contribution in [1.82, 2.24) is 0 Å². The Labute approximate surface area is 113 Å². The highest BCUT2D eigenvalue weighted by Crippen LogP contribution is 2.19. The van der Waals surface area contributed by atoms with Crippen LogP contribution in [0.4, 0.5) is 11.4 Å². The lowest BCUT2D eigenvalue weighted by Gasteiger charge is -2.28. The molecule has 1 aromatic rings. The van der Waals surface area contributed by atoms with E-state index in [9.17, 15) is 4.79 Å². The molecule has 0 radical (unpaired) electrons. The number of carbonyl (C=O) groups excluding carboxylic acids is 1. The lowest BCUT2D eigenvalue weighted by Crippen LogP contribution is -2.36. The van der Waals surface area contributed by atoms with E-state index in [-0.39, 0.29) is 5.91 Å². The van der Waals surface area contributed by atoms with Crippen LogP contribution in [0, 0.1) is 0 Å². The Kier molecular flexibility index (Phi) is 4.76. The minimum absolute atomic E-state index is 0.137. The molecule has 2 rings (SSSR count). The molecule has 104 valence electrons. The van der Waals surface area contributed by atoms with Crippen molar-refractivity contribution in [3.8, 4) is 0 Å². The molecule has 1 unspecified atom stereocenters. The van der Waals surface area contributed by atoms with Gasteiger partial charge in [-0.2, -0.15) is 0 Å². The molecule has 0 spiro atoms. The Morgan fingerprint density at radius 3 is 2.53 bits per heavy atom. The van der Waals surface area contributed by atoms with E-state index in [1.807, 2.05) is 24.3 Å². The van der Waals surface area contributed by atoms with Crippen molar-refractivity contribution >= 4 is 17.3 Å². The number of ether oxygens (including phenoxy) is 2. The summed E-state index contributed by atoms with van der Waals surface area (Å²) in [6.45, 7) is 5.07. The van der Waals surface area contributed by atoms with Crippen LogP contribution in [0.1, 0.15) is 6.92 Å². The van der Waals surface area contributed by atoms with Crippen LogP contribution in [0.15, 0.2) is 24.3 Å². The van der Waals surface area contributed by atoms with Crippen LogP contribution in [0.3, 0.4) is 0 Å². The zero-order valence-electron chi connectivity index (χ0n) is 11.4. The molecule has 0 aliphatic carbocycles. The molecule has 0 aromatic heterocycles. The lowest BCUT2D eigenvalue weighted by atomic mass is 10.2. The third kappa shape index (κ3) is 3.68. The first-order valence-corrected chi connectivity index (χ1v) is 6.47. The van der Waals surface area contributed by atoms with Crippen molar-refractivity contribution < 1.29 is 14.3 Å². The van der Waals surface area contributed by atoms with Crippen LogP contribution in [0.2, 0.25) is 0 Å². The molecule has 0 saturated carbocycles. The summed E-state index contributed by atoms with van der Waals surface area (Å²) in [5.74, 6) is -0.137. The van der Waals surface area contributed by atoms with Crippen molar-refractivity contribution in [3.63, 3.8) is 0 Å². The minimum Gasteiger partial charge on any atom is -0.378 e. The van der Waals surface area contributed by atoms with Crippen molar-refractivity contribution in [1.29, 1.82) is 0 Å². The molecule has 1 aromatic carbocycles. The summed E-state index contributed by atoms with van der Waals surface area (Å²) in [5, 5.41) is 2.82. The molecule has 1 atom stereocenters. The molecule has 0 bridgehead atoms. The van der Waals surface area contributed by atoms with Gasteiger partial charge >= 0.3 is 0 Å². The Morgan fingerprint density at radius 2 is 1.95 bits per heavy atom. The first kappa shape index (κ1) is 13.8. The van der Waals surface area contributed by atoms with Crippen molar-refractivity contribution in [2.24, 2.45) is 0 Å². The first-order valence-electron chi connectivity index (χ1n) is 6.47. The zero-order chi connectivity index (χ0) is 13.7. The fraction of sp³-hybridized carbons (Fsp3) is 0.500. The molecule has 19 heavy (non-hydrogen) atoms. The highest BCUT2D eigenvalue weighted by molar-refractivity contribution is 5.94. The molecule has 5 nitrogen and oxygen atoms in total. The number of morpholine rings is 1. The van der Waals surface area contributed by atoms with Gasteiger partial charge in [-0.05, 0) is 31.2 Å². The van der Waals surface area contributed by atoms with Crippen LogP contribution in [0.25, 0.3) is 0 Å². The number of carbonyl (C=O) groups is 1. The summed E-state index contributed by atoms with van der Waals surface area (Å²) in [4.78, 5) is 13.9. The maximum Gasteiger partial charge on any atom is 0.253 e. The van der Waals surface area contributed by atoms with E-state index in [0.29, 0.717) is 0 Å². The molecular weight excluding hydrogens is 244 g/mol. The van der Waals surface area contributed by atoms with E-state index in [1.54, 1.807) is 6.92 Å². The van der Waals surface area contributed by atoms with Gasteiger partial charge in [0.1, 0.15) is 6.10 Å². The van der Waals surface area contributed by atoms with Gasteiger partial charge < -0.3 is 19.7 Å². The van der Waals surface area contributed by atoms with Gasteiger partial charge in [-0.3, -0.25) is 4.79 Å². The number of benzene rings is 1. The number of hydrogen-bond donors (Lipinski definition) is 1. The Balaban J connectivity index is 1.96. The van der Waals surface area contributed by atoms with Gasteiger partial charge in [0.2, 0.25) is 0 Å². The molecule has 1 N–H and O–H groups in total. The van der Waals surface area contributed by atoms with Gasteiger partial charge in [-0.15, -0.1) is 0 Å². The van der Waals surface area contributed by atoms with E-state index in [1.165, 1.54) is 7.11 Å². The Morgan fingerprint density at radius 1 is 1.32 bits per heavy atom. The highest BCUT2D eigenvalue weighted by atomic mass is 16.5. The number of amides is 1. The Hall–Kier alpha value is -1.59. The summed E-state index contributed by atoms with van der Waals surface area (Å²) < 4.78 is 10.3. The summed E-state index contributed by atoms with van der Waals surface area (Å²) >= 11 is 0. The van der Waals surface area contributed by atoms with Gasteiger partial charge in [0.25, 0.3) is 5.91 Å². The molecule has 1 fully saturated rings. The second-order valence-electron chi connectivity index (χ2n) is 4.51. The third-order valence-electron chi connectivity index (χ3n) is 3.23. The zero-order valence-corrected chi connectivity index (χ0v) is 11.4. The van der Waals surface area contributed by atoms with Gasteiger partial charge in [-0.25, -0.2) is 0 Å². The molecule has 1 amide bonds. The largest absolute Gasteiger partial charge is 0.378 e. The molecule has 1 aliphatic rings. The number of methoxy groups -OCH3 is 1. The second kappa shape index (κ2) is 6.54. The number of nitrogens with zero attached hydrogens (tertiary/aromatic N) is 1. The maximum atomic E-state index is 11.7. The number of nitrogens with one attached hydrogen (secondary N) is 1. The predicted octanol–water partition coefficient (Wildman–Crippen LogP) is 1.50. The van der Waals surface area contributed by atoms with Crippen LogP contribution >= 0.6 is 0 Å². The van der Waals surface area contributed by atoms with Crippen molar-refractivity contribution in [2.45, 2.75) is 13.0 Å². The predicted molar refractivity (Wildman–Crippen MR) is 74.6 cm³/mol. The molecule has 1 aliphatic heterocycles. The standard InChI is InChI=1S/C14H20N2O3/c1-11(18-2)14(17)15-12-3-5-13(6-4-12)16-7-9-19-10-8-16/h3-6,11H,7-10H2,1-2H3,(H,15,17). The third-order valence-corrected chi connectivity index (χ3v) is 3.23. The van der Waals surface area contributed by atoms with Gasteiger partial charge in [0, 0.05) is 31.6 Å². The van der Waals surface area contributed by atoms with E-state index in [4.69, 9.17) is 9.47 Å². The SMILES string of the molecule is COC(C)C(=O)Nc1ccc(N2CCOCC2)cc1. The van der Waals surface area contributed by atoms with E-state index >= 15 is 0 Å². The van der Waals surface area contributed by atoms with E-state index < -0.39 is 6.10 Å². The first-order chi connectivity index (χ1) is 9.20. The monoisotopic (exact) mass is 264 g/mol. The summed E-state index contributed by atoms with van der Waals surface area (Å²) in [6.07, 6.45) is -0.445.